The Labute approximate surface area is 271 Å². The molecule has 5 heterocycles. The maximum atomic E-state index is 6.75. The number of nitrogens with zero attached hydrogens (tertiary/aromatic N) is 5. The van der Waals surface area contributed by atoms with Gasteiger partial charge in [-0.25, -0.2) is 15.0 Å². The highest BCUT2D eigenvalue weighted by Crippen LogP contribution is 2.38. The summed E-state index contributed by atoms with van der Waals surface area (Å²) in [6, 6.07) is 39.8. The summed E-state index contributed by atoms with van der Waals surface area (Å²) in [5.41, 5.74) is 7.80. The largest absolute Gasteiger partial charge is 0.457 e. The lowest BCUT2D eigenvalue weighted by atomic mass is 9.86. The van der Waals surface area contributed by atoms with Crippen molar-refractivity contribution in [2.45, 2.75) is 26.2 Å². The number of hydrogen-bond acceptors (Lipinski definition) is 4. The van der Waals surface area contributed by atoms with Crippen molar-refractivity contribution in [2.24, 2.45) is 0 Å². The predicted octanol–water partition coefficient (Wildman–Crippen LogP) is 10.3. The lowest BCUT2D eigenvalue weighted by Crippen LogP contribution is -2.12. The van der Waals surface area contributed by atoms with E-state index in [-0.39, 0.29) is 5.41 Å². The number of hydrogen-bond donors (Lipinski definition) is 0. The Morgan fingerprint density at radius 2 is 1.30 bits per heavy atom. The second-order valence-electron chi connectivity index (χ2n) is 13.1. The molecule has 0 amide bonds. The van der Waals surface area contributed by atoms with Gasteiger partial charge in [0.15, 0.2) is 0 Å². The van der Waals surface area contributed by atoms with Crippen molar-refractivity contribution in [3.05, 3.63) is 139 Å². The Morgan fingerprint density at radius 1 is 0.574 bits per heavy atom. The number of benzene rings is 4. The summed E-state index contributed by atoms with van der Waals surface area (Å²) in [7, 11) is 0. The van der Waals surface area contributed by atoms with Crippen molar-refractivity contribution >= 4 is 49.4 Å². The topological polar surface area (TPSA) is 57.2 Å². The zero-order valence-corrected chi connectivity index (χ0v) is 26.3. The van der Waals surface area contributed by atoms with Crippen molar-refractivity contribution in [1.82, 2.24) is 23.9 Å². The first-order valence-electron chi connectivity index (χ1n) is 15.9. The number of fused-ring (bicyclic) bond motifs is 9. The number of ether oxygens (including phenoxy) is 1. The minimum atomic E-state index is -0.106. The molecule has 6 heteroatoms. The molecule has 0 aliphatic carbocycles. The molecule has 0 unspecified atom stereocenters. The fraction of sp³-hybridized carbons (Fsp3) is 0.0976. The monoisotopic (exact) mass is 609 g/mol. The van der Waals surface area contributed by atoms with Crippen LogP contribution in [0.3, 0.4) is 0 Å². The fourth-order valence-corrected chi connectivity index (χ4v) is 6.68. The highest BCUT2D eigenvalue weighted by molar-refractivity contribution is 6.11. The van der Waals surface area contributed by atoms with Gasteiger partial charge in [-0.1, -0.05) is 69.3 Å². The van der Waals surface area contributed by atoms with Gasteiger partial charge in [0.1, 0.15) is 28.4 Å². The van der Waals surface area contributed by atoms with Gasteiger partial charge in [-0.05, 0) is 77.0 Å². The van der Waals surface area contributed by atoms with Gasteiger partial charge in [-0.15, -0.1) is 0 Å². The average molecular weight is 610 g/mol. The maximum absolute atomic E-state index is 6.75. The quantitative estimate of drug-likeness (QED) is 0.186. The van der Waals surface area contributed by atoms with Crippen LogP contribution in [0.25, 0.3) is 66.3 Å². The second kappa shape index (κ2) is 10.3. The number of para-hydroxylation sites is 1. The highest BCUT2D eigenvalue weighted by Gasteiger charge is 2.20. The number of pyridine rings is 3. The highest BCUT2D eigenvalue weighted by atomic mass is 16.5. The van der Waals surface area contributed by atoms with Crippen LogP contribution in [0.4, 0.5) is 0 Å². The van der Waals surface area contributed by atoms with Crippen molar-refractivity contribution in [3.8, 4) is 28.4 Å². The normalized spacial score (nSPS) is 12.1. The molecule has 0 saturated heterocycles. The first kappa shape index (κ1) is 27.3. The van der Waals surface area contributed by atoms with E-state index in [9.17, 15) is 0 Å². The lowest BCUT2D eigenvalue weighted by Gasteiger charge is -2.22. The third-order valence-electron chi connectivity index (χ3n) is 9.00. The molecule has 0 saturated carbocycles. The number of imidazole rings is 1. The minimum Gasteiger partial charge on any atom is -0.457 e. The molecule has 0 radical (unpaired) electrons. The molecule has 0 aliphatic heterocycles. The van der Waals surface area contributed by atoms with Crippen molar-refractivity contribution in [3.63, 3.8) is 0 Å². The van der Waals surface area contributed by atoms with E-state index >= 15 is 0 Å². The van der Waals surface area contributed by atoms with E-state index in [1.165, 1.54) is 10.9 Å². The van der Waals surface area contributed by atoms with E-state index in [4.69, 9.17) is 19.7 Å². The van der Waals surface area contributed by atoms with E-state index in [1.807, 2.05) is 48.8 Å². The molecule has 47 heavy (non-hydrogen) atoms. The second-order valence-corrected chi connectivity index (χ2v) is 13.1. The van der Waals surface area contributed by atoms with Gasteiger partial charge in [0.05, 0.1) is 16.9 Å². The van der Waals surface area contributed by atoms with E-state index < -0.39 is 0 Å². The number of aromatic nitrogens is 5. The van der Waals surface area contributed by atoms with Gasteiger partial charge in [-0.3, -0.25) is 8.97 Å². The molecular formula is C41H31N5O. The van der Waals surface area contributed by atoms with Gasteiger partial charge in [0.25, 0.3) is 0 Å². The third kappa shape index (κ3) is 4.44. The van der Waals surface area contributed by atoms with Gasteiger partial charge < -0.3 is 4.74 Å². The summed E-state index contributed by atoms with van der Waals surface area (Å²) in [4.78, 5) is 14.7. The Kier molecular flexibility index (Phi) is 5.96. The van der Waals surface area contributed by atoms with Gasteiger partial charge in [0.2, 0.25) is 0 Å². The molecule has 6 nitrogen and oxygen atoms in total. The molecule has 4 aromatic carbocycles. The molecule has 5 aromatic heterocycles. The summed E-state index contributed by atoms with van der Waals surface area (Å²) in [5.74, 6) is 1.50. The van der Waals surface area contributed by atoms with Crippen LogP contribution in [0.5, 0.6) is 11.5 Å². The molecule has 0 atom stereocenters. The SMILES string of the molecule is CC(C)(C)c1cc(Oc2ccc3c4cccnc4n4cc(-c5ccccc5)nc4c3c2)cc(-n2c3ccccc3c3cccnc32)c1. The molecular weight excluding hydrogens is 578 g/mol. The van der Waals surface area contributed by atoms with Crippen LogP contribution in [-0.2, 0) is 5.41 Å². The Morgan fingerprint density at radius 3 is 2.11 bits per heavy atom. The average Bonchev–Trinajstić information content (AvgIpc) is 3.69. The van der Waals surface area contributed by atoms with Crippen LogP contribution in [-0.4, -0.2) is 23.9 Å². The minimum absolute atomic E-state index is 0.106. The molecule has 0 fully saturated rings. The van der Waals surface area contributed by atoms with Crippen molar-refractivity contribution in [2.75, 3.05) is 0 Å². The van der Waals surface area contributed by atoms with Crippen molar-refractivity contribution < 1.29 is 4.74 Å². The molecule has 226 valence electrons. The zero-order valence-electron chi connectivity index (χ0n) is 26.3. The smallest absolute Gasteiger partial charge is 0.147 e. The van der Waals surface area contributed by atoms with Gasteiger partial charge in [0, 0.05) is 51.8 Å². The van der Waals surface area contributed by atoms with Crippen LogP contribution >= 0.6 is 0 Å². The molecule has 0 aliphatic rings. The predicted molar refractivity (Wildman–Crippen MR) is 191 cm³/mol. The summed E-state index contributed by atoms with van der Waals surface area (Å²) >= 11 is 0. The van der Waals surface area contributed by atoms with E-state index in [1.54, 1.807) is 0 Å². The van der Waals surface area contributed by atoms with Crippen LogP contribution < -0.4 is 4.74 Å². The van der Waals surface area contributed by atoms with Gasteiger partial charge in [-0.2, -0.15) is 0 Å². The standard InChI is InChI=1S/C41H31N5O/c1-41(2,3)27-21-28(46-37-16-8-7-13-32(37)34-15-10-20-43-39(34)46)23-30(22-27)47-29-17-18-31-33-14-9-19-42-38(33)45-25-36(26-11-5-4-6-12-26)44-40(45)35(31)24-29/h4-25H,1-3H3. The van der Waals surface area contributed by atoms with Crippen LogP contribution in [0, 0.1) is 0 Å². The van der Waals surface area contributed by atoms with Crippen LogP contribution in [0.15, 0.2) is 134 Å². The summed E-state index contributed by atoms with van der Waals surface area (Å²) in [5, 5.41) is 5.45. The number of rotatable bonds is 4. The lowest BCUT2D eigenvalue weighted by molar-refractivity contribution is 0.479. The maximum Gasteiger partial charge on any atom is 0.147 e. The van der Waals surface area contributed by atoms with E-state index in [2.05, 4.69) is 115 Å². The molecule has 0 bridgehead atoms. The first-order valence-corrected chi connectivity index (χ1v) is 15.9. The Balaban J connectivity index is 1.23. The molecule has 9 aromatic rings. The fourth-order valence-electron chi connectivity index (χ4n) is 6.68. The summed E-state index contributed by atoms with van der Waals surface area (Å²) < 4.78 is 11.1. The molecule has 0 N–H and O–H groups in total. The molecule has 9 rings (SSSR count). The summed E-state index contributed by atoms with van der Waals surface area (Å²) in [6.45, 7) is 6.69. The Hall–Kier alpha value is -6.01. The van der Waals surface area contributed by atoms with Gasteiger partial charge >= 0.3 is 0 Å². The van der Waals surface area contributed by atoms with E-state index in [0.717, 1.165) is 72.4 Å². The molecule has 0 spiro atoms. The Bertz CT molecular complexity index is 2590. The van der Waals surface area contributed by atoms with Crippen LogP contribution in [0.1, 0.15) is 26.3 Å². The van der Waals surface area contributed by atoms with Crippen LogP contribution in [0.2, 0.25) is 0 Å². The van der Waals surface area contributed by atoms with E-state index in [0.29, 0.717) is 0 Å². The zero-order chi connectivity index (χ0) is 31.7. The third-order valence-corrected chi connectivity index (χ3v) is 9.00. The van der Waals surface area contributed by atoms with Crippen molar-refractivity contribution in [1.29, 1.82) is 0 Å². The first-order chi connectivity index (χ1) is 22.9. The summed E-state index contributed by atoms with van der Waals surface area (Å²) in [6.07, 6.45) is 5.77.